The third kappa shape index (κ3) is 8.12. The van der Waals surface area contributed by atoms with Crippen molar-refractivity contribution in [3.8, 4) is 0 Å². The molecule has 3 N–H and O–H groups in total. The van der Waals surface area contributed by atoms with Crippen molar-refractivity contribution < 1.29 is 40.4 Å². The zero-order valence-electron chi connectivity index (χ0n) is 18.5. The number of halogens is 6. The summed E-state index contributed by atoms with van der Waals surface area (Å²) in [6.45, 7) is 10.1. The normalized spacial score (nSPS) is 14.2. The van der Waals surface area contributed by atoms with E-state index in [9.17, 15) is 35.9 Å². The third-order valence-corrected chi connectivity index (χ3v) is 9.90. The van der Waals surface area contributed by atoms with E-state index in [0.717, 1.165) is 0 Å². The van der Waals surface area contributed by atoms with Gasteiger partial charge in [0.1, 0.15) is 6.04 Å². The molecule has 12 heteroatoms. The molecular weight excluding hydrogens is 458 g/mol. The molecule has 1 aromatic carbocycles. The summed E-state index contributed by atoms with van der Waals surface area (Å²) in [5.74, 6) is -1.83. The van der Waals surface area contributed by atoms with Gasteiger partial charge >= 0.3 is 12.4 Å². The minimum absolute atomic E-state index is 0.0178. The van der Waals surface area contributed by atoms with Crippen LogP contribution in [0.25, 0.3) is 0 Å². The van der Waals surface area contributed by atoms with Gasteiger partial charge in [-0.3, -0.25) is 9.59 Å². The van der Waals surface area contributed by atoms with Gasteiger partial charge in [-0.15, -0.1) is 0 Å². The van der Waals surface area contributed by atoms with Gasteiger partial charge in [-0.1, -0.05) is 20.8 Å². The van der Waals surface area contributed by atoms with Crippen molar-refractivity contribution in [2.24, 2.45) is 5.73 Å². The predicted molar refractivity (Wildman–Crippen MR) is 109 cm³/mol. The van der Waals surface area contributed by atoms with Gasteiger partial charge in [0.15, 0.2) is 8.32 Å². The number of carbonyl (C=O) groups excluding carboxylic acids is 2. The number of alkyl halides is 6. The number of nitrogens with two attached hydrogens (primary N) is 1. The number of nitrogens with one attached hydrogen (secondary N) is 1. The van der Waals surface area contributed by atoms with E-state index in [-0.39, 0.29) is 24.1 Å². The lowest BCUT2D eigenvalue weighted by atomic mass is 10.0. The highest BCUT2D eigenvalue weighted by molar-refractivity contribution is 6.74. The van der Waals surface area contributed by atoms with Crippen LogP contribution in [0.1, 0.15) is 43.9 Å². The molecule has 0 aliphatic heterocycles. The smallest absolute Gasteiger partial charge is 0.416 e. The van der Waals surface area contributed by atoms with E-state index >= 15 is 0 Å². The standard InChI is InChI=1S/C20H28F6N2O3Si/c1-18(2,3)32(4,5)31-7-6-15(17(27)30)28-16(29)10-12-8-13(19(21,22)23)11-14(9-12)20(24,25)26/h8-9,11,15H,6-7,10H2,1-5H3,(H2,27,30)(H,28,29)/t15-/m1/s1. The molecule has 0 aliphatic carbocycles. The molecule has 0 unspecified atom stereocenters. The molecule has 5 nitrogen and oxygen atoms in total. The summed E-state index contributed by atoms with van der Waals surface area (Å²) < 4.78 is 83.7. The predicted octanol–water partition coefficient (Wildman–Crippen LogP) is 4.65. The third-order valence-electron chi connectivity index (χ3n) is 5.37. The maximum atomic E-state index is 13.0. The van der Waals surface area contributed by atoms with Gasteiger partial charge in [0.05, 0.1) is 17.5 Å². The summed E-state index contributed by atoms with van der Waals surface area (Å²) in [6, 6.07) is -0.269. The van der Waals surface area contributed by atoms with Gasteiger partial charge < -0.3 is 15.5 Å². The van der Waals surface area contributed by atoms with E-state index in [1.807, 2.05) is 33.9 Å². The fraction of sp³-hybridized carbons (Fsp3) is 0.600. The number of carbonyl (C=O) groups is 2. The fourth-order valence-corrected chi connectivity index (χ4v) is 3.55. The molecule has 1 rings (SSSR count). The van der Waals surface area contributed by atoms with Gasteiger partial charge in [-0.2, -0.15) is 26.3 Å². The molecule has 0 aliphatic rings. The molecular formula is C20H28F6N2O3Si. The minimum atomic E-state index is -5.02. The Kier molecular flexibility index (Phi) is 8.57. The monoisotopic (exact) mass is 486 g/mol. The summed E-state index contributed by atoms with van der Waals surface area (Å²) in [6.07, 6.45) is -10.8. The number of rotatable bonds is 8. The van der Waals surface area contributed by atoms with Crippen LogP contribution in [-0.2, 0) is 32.8 Å². The highest BCUT2D eigenvalue weighted by Gasteiger charge is 2.38. The van der Waals surface area contributed by atoms with Gasteiger partial charge in [-0.05, 0) is 48.3 Å². The molecule has 0 heterocycles. The Hall–Kier alpha value is -2.08. The van der Waals surface area contributed by atoms with Crippen LogP contribution in [0, 0.1) is 0 Å². The molecule has 0 saturated carbocycles. The molecule has 0 aromatic heterocycles. The Balaban J connectivity index is 2.93. The van der Waals surface area contributed by atoms with Crippen LogP contribution >= 0.6 is 0 Å². The van der Waals surface area contributed by atoms with Crippen molar-refractivity contribution in [2.45, 2.75) is 70.1 Å². The van der Waals surface area contributed by atoms with Gasteiger partial charge in [0.25, 0.3) is 0 Å². The van der Waals surface area contributed by atoms with E-state index in [2.05, 4.69) is 5.32 Å². The van der Waals surface area contributed by atoms with Crippen LogP contribution in [0.2, 0.25) is 18.1 Å². The molecule has 2 amide bonds. The molecule has 0 saturated heterocycles. The van der Waals surface area contributed by atoms with Gasteiger partial charge in [-0.25, -0.2) is 0 Å². The van der Waals surface area contributed by atoms with Crippen LogP contribution in [0.15, 0.2) is 18.2 Å². The average molecular weight is 487 g/mol. The van der Waals surface area contributed by atoms with E-state index in [4.69, 9.17) is 10.2 Å². The van der Waals surface area contributed by atoms with E-state index in [1.165, 1.54) is 0 Å². The van der Waals surface area contributed by atoms with Crippen LogP contribution in [-0.4, -0.2) is 32.8 Å². The number of hydrogen-bond acceptors (Lipinski definition) is 3. The maximum absolute atomic E-state index is 13.0. The Morgan fingerprint density at radius 1 is 1.00 bits per heavy atom. The lowest BCUT2D eigenvalue weighted by Crippen LogP contribution is -2.47. The van der Waals surface area contributed by atoms with Gasteiger partial charge in [0.2, 0.25) is 11.8 Å². The zero-order chi connectivity index (χ0) is 25.1. The molecule has 0 spiro atoms. The largest absolute Gasteiger partial charge is 0.417 e. The summed E-state index contributed by atoms with van der Waals surface area (Å²) in [5, 5.41) is 2.17. The number of amides is 2. The van der Waals surface area contributed by atoms with Crippen molar-refractivity contribution in [3.63, 3.8) is 0 Å². The van der Waals surface area contributed by atoms with Crippen molar-refractivity contribution in [2.75, 3.05) is 6.61 Å². The number of primary amides is 1. The van der Waals surface area contributed by atoms with Crippen molar-refractivity contribution in [1.82, 2.24) is 5.32 Å². The minimum Gasteiger partial charge on any atom is -0.417 e. The molecule has 0 radical (unpaired) electrons. The first-order valence-corrected chi connectivity index (χ1v) is 12.7. The van der Waals surface area contributed by atoms with Crippen molar-refractivity contribution in [1.29, 1.82) is 0 Å². The number of hydrogen-bond donors (Lipinski definition) is 2. The summed E-state index contributed by atoms with van der Waals surface area (Å²) in [5.41, 5.74) is 1.74. The topological polar surface area (TPSA) is 81.4 Å². The highest BCUT2D eigenvalue weighted by atomic mass is 28.4. The Morgan fingerprint density at radius 2 is 1.47 bits per heavy atom. The Bertz CT molecular complexity index is 800. The highest BCUT2D eigenvalue weighted by Crippen LogP contribution is 2.37. The van der Waals surface area contributed by atoms with E-state index in [1.54, 1.807) is 0 Å². The van der Waals surface area contributed by atoms with Crippen LogP contribution in [0.5, 0.6) is 0 Å². The second-order valence-corrected chi connectivity index (χ2v) is 13.8. The lowest BCUT2D eigenvalue weighted by Gasteiger charge is -2.36. The first-order chi connectivity index (χ1) is 14.2. The summed E-state index contributed by atoms with van der Waals surface area (Å²) >= 11 is 0. The number of benzene rings is 1. The molecule has 182 valence electrons. The first-order valence-electron chi connectivity index (χ1n) is 9.75. The van der Waals surface area contributed by atoms with E-state index in [0.29, 0.717) is 12.1 Å². The molecule has 32 heavy (non-hydrogen) atoms. The van der Waals surface area contributed by atoms with Crippen LogP contribution in [0.4, 0.5) is 26.3 Å². The Morgan fingerprint density at radius 3 is 1.84 bits per heavy atom. The SMILES string of the molecule is CC(C)(C)[Si](C)(C)OCC[C@@H](NC(=O)Cc1cc(C(F)(F)F)cc(C(F)(F)F)c1)C(N)=O. The molecule has 0 fully saturated rings. The van der Waals surface area contributed by atoms with Crippen LogP contribution < -0.4 is 11.1 Å². The van der Waals surface area contributed by atoms with Gasteiger partial charge in [0, 0.05) is 6.61 Å². The summed E-state index contributed by atoms with van der Waals surface area (Å²) in [4.78, 5) is 23.9. The molecule has 1 atom stereocenters. The Labute approximate surface area is 183 Å². The quantitative estimate of drug-likeness (QED) is 0.415. The van der Waals surface area contributed by atoms with Crippen molar-refractivity contribution in [3.05, 3.63) is 34.9 Å². The molecule has 0 bridgehead atoms. The summed E-state index contributed by atoms with van der Waals surface area (Å²) in [7, 11) is -2.13. The second-order valence-electron chi connectivity index (χ2n) is 9.01. The van der Waals surface area contributed by atoms with E-state index < -0.39 is 61.6 Å². The first kappa shape index (κ1) is 28.0. The van der Waals surface area contributed by atoms with Crippen molar-refractivity contribution >= 4 is 20.1 Å². The van der Waals surface area contributed by atoms with Crippen LogP contribution in [0.3, 0.4) is 0 Å². The lowest BCUT2D eigenvalue weighted by molar-refractivity contribution is -0.143. The average Bonchev–Trinajstić information content (AvgIpc) is 2.57. The zero-order valence-corrected chi connectivity index (χ0v) is 19.5. The second kappa shape index (κ2) is 9.82. The fourth-order valence-electron chi connectivity index (χ4n) is 2.49. The maximum Gasteiger partial charge on any atom is 0.416 e. The molecule has 1 aromatic rings.